The third kappa shape index (κ3) is 1.98. The normalized spacial score (nSPS) is 22.6. The second-order valence-corrected chi connectivity index (χ2v) is 5.00. The van der Waals surface area contributed by atoms with Gasteiger partial charge in [-0.15, -0.1) is 0 Å². The summed E-state index contributed by atoms with van der Waals surface area (Å²) in [5, 5.41) is 2.77. The highest BCUT2D eigenvalue weighted by atomic mass is 16.2. The average Bonchev–Trinajstić information content (AvgIpc) is 2.82. The predicted molar refractivity (Wildman–Crippen MR) is 66.4 cm³/mol. The highest BCUT2D eigenvalue weighted by molar-refractivity contribution is 5.84. The van der Waals surface area contributed by atoms with Crippen LogP contribution in [-0.2, 0) is 22.7 Å². The number of carbonyl (C=O) groups excluding carboxylic acids is 2. The molecule has 0 saturated carbocycles. The Labute approximate surface area is 106 Å². The van der Waals surface area contributed by atoms with E-state index in [9.17, 15) is 9.59 Å². The van der Waals surface area contributed by atoms with Gasteiger partial charge in [0.2, 0.25) is 11.8 Å². The molecule has 4 heteroatoms. The molecule has 2 amide bonds. The van der Waals surface area contributed by atoms with Crippen molar-refractivity contribution in [2.24, 2.45) is 5.92 Å². The van der Waals surface area contributed by atoms with E-state index >= 15 is 0 Å². The van der Waals surface area contributed by atoms with E-state index in [1.54, 1.807) is 0 Å². The first-order chi connectivity index (χ1) is 8.74. The predicted octanol–water partition coefficient (Wildman–Crippen LogP) is 1.05. The van der Waals surface area contributed by atoms with Gasteiger partial charge in [-0.25, -0.2) is 0 Å². The topological polar surface area (TPSA) is 49.4 Å². The fraction of sp³-hybridized carbons (Fsp3) is 0.429. The van der Waals surface area contributed by atoms with Crippen LogP contribution in [0, 0.1) is 5.92 Å². The van der Waals surface area contributed by atoms with Gasteiger partial charge in [-0.3, -0.25) is 9.59 Å². The van der Waals surface area contributed by atoms with Gasteiger partial charge in [-0.2, -0.15) is 0 Å². The van der Waals surface area contributed by atoms with Crippen LogP contribution in [0.1, 0.15) is 24.0 Å². The lowest BCUT2D eigenvalue weighted by atomic mass is 9.98. The summed E-state index contributed by atoms with van der Waals surface area (Å²) in [5.74, 6) is 0.187. The monoisotopic (exact) mass is 244 g/mol. The molecule has 1 unspecified atom stereocenters. The van der Waals surface area contributed by atoms with E-state index in [2.05, 4.69) is 17.4 Å². The molecular weight excluding hydrogens is 228 g/mol. The summed E-state index contributed by atoms with van der Waals surface area (Å²) in [6.07, 6.45) is 1.15. The van der Waals surface area contributed by atoms with Crippen LogP contribution in [0.15, 0.2) is 24.3 Å². The number of amides is 2. The molecular formula is C14H16N2O2. The van der Waals surface area contributed by atoms with Crippen molar-refractivity contribution >= 4 is 11.8 Å². The van der Waals surface area contributed by atoms with E-state index in [0.29, 0.717) is 32.5 Å². The van der Waals surface area contributed by atoms with Gasteiger partial charge >= 0.3 is 0 Å². The minimum absolute atomic E-state index is 0.0444. The second kappa shape index (κ2) is 4.44. The van der Waals surface area contributed by atoms with Crippen LogP contribution < -0.4 is 5.32 Å². The zero-order valence-electron chi connectivity index (χ0n) is 10.2. The maximum atomic E-state index is 12.4. The lowest BCUT2D eigenvalue weighted by Crippen LogP contribution is -2.43. The van der Waals surface area contributed by atoms with Gasteiger partial charge < -0.3 is 10.2 Å². The lowest BCUT2D eigenvalue weighted by molar-refractivity contribution is -0.138. The zero-order valence-corrected chi connectivity index (χ0v) is 10.2. The Morgan fingerprint density at radius 1 is 1.22 bits per heavy atom. The fourth-order valence-corrected chi connectivity index (χ4v) is 2.69. The van der Waals surface area contributed by atoms with Crippen molar-refractivity contribution in [3.05, 3.63) is 35.4 Å². The summed E-state index contributed by atoms with van der Waals surface area (Å²) in [4.78, 5) is 25.3. The number of rotatable bonds is 1. The molecule has 0 radical (unpaired) electrons. The number of hydrogen-bond donors (Lipinski definition) is 1. The molecule has 0 bridgehead atoms. The van der Waals surface area contributed by atoms with Crippen molar-refractivity contribution in [1.82, 2.24) is 10.2 Å². The Kier molecular flexibility index (Phi) is 2.78. The van der Waals surface area contributed by atoms with Gasteiger partial charge in [0.05, 0.1) is 5.92 Å². The SMILES string of the molecule is O=C1CCC(C(=O)N2Cc3ccccc3C2)CN1. The van der Waals surface area contributed by atoms with Crippen LogP contribution in [0.3, 0.4) is 0 Å². The van der Waals surface area contributed by atoms with E-state index in [4.69, 9.17) is 0 Å². The Morgan fingerprint density at radius 3 is 2.44 bits per heavy atom. The van der Waals surface area contributed by atoms with Gasteiger partial charge in [-0.05, 0) is 17.5 Å². The van der Waals surface area contributed by atoms with Crippen molar-refractivity contribution in [2.75, 3.05) is 6.54 Å². The van der Waals surface area contributed by atoms with Crippen LogP contribution >= 0.6 is 0 Å². The number of benzene rings is 1. The molecule has 0 aliphatic carbocycles. The van der Waals surface area contributed by atoms with Gasteiger partial charge in [-0.1, -0.05) is 24.3 Å². The smallest absolute Gasteiger partial charge is 0.228 e. The Morgan fingerprint density at radius 2 is 1.89 bits per heavy atom. The first-order valence-corrected chi connectivity index (χ1v) is 6.36. The van der Waals surface area contributed by atoms with E-state index in [1.165, 1.54) is 11.1 Å². The zero-order chi connectivity index (χ0) is 12.5. The van der Waals surface area contributed by atoms with Crippen molar-refractivity contribution in [3.63, 3.8) is 0 Å². The number of piperidine rings is 1. The van der Waals surface area contributed by atoms with E-state index in [-0.39, 0.29) is 17.7 Å². The Balaban J connectivity index is 1.67. The largest absolute Gasteiger partial charge is 0.355 e. The summed E-state index contributed by atoms with van der Waals surface area (Å²) in [5.41, 5.74) is 2.48. The molecule has 2 heterocycles. The summed E-state index contributed by atoms with van der Waals surface area (Å²) >= 11 is 0. The maximum absolute atomic E-state index is 12.4. The van der Waals surface area contributed by atoms with Gasteiger partial charge in [0.1, 0.15) is 0 Å². The van der Waals surface area contributed by atoms with Gasteiger partial charge in [0.15, 0.2) is 0 Å². The van der Waals surface area contributed by atoms with Crippen molar-refractivity contribution in [3.8, 4) is 0 Å². The summed E-state index contributed by atoms with van der Waals surface area (Å²) < 4.78 is 0. The number of fused-ring (bicyclic) bond motifs is 1. The molecule has 1 aromatic rings. The molecule has 2 aliphatic rings. The third-order valence-electron chi connectivity index (χ3n) is 3.77. The summed E-state index contributed by atoms with van der Waals surface area (Å²) in [6, 6.07) is 8.16. The van der Waals surface area contributed by atoms with Crippen LogP contribution in [-0.4, -0.2) is 23.3 Å². The molecule has 1 fully saturated rings. The molecule has 2 aliphatic heterocycles. The number of hydrogen-bond acceptors (Lipinski definition) is 2. The highest BCUT2D eigenvalue weighted by Gasteiger charge is 2.31. The van der Waals surface area contributed by atoms with Crippen LogP contribution in [0.25, 0.3) is 0 Å². The van der Waals surface area contributed by atoms with Crippen molar-refractivity contribution in [1.29, 1.82) is 0 Å². The molecule has 18 heavy (non-hydrogen) atoms. The van der Waals surface area contributed by atoms with E-state index in [1.807, 2.05) is 17.0 Å². The Bertz CT molecular complexity index is 463. The minimum Gasteiger partial charge on any atom is -0.355 e. The third-order valence-corrected chi connectivity index (χ3v) is 3.77. The number of nitrogens with zero attached hydrogens (tertiary/aromatic N) is 1. The summed E-state index contributed by atoms with van der Waals surface area (Å²) in [6.45, 7) is 1.91. The minimum atomic E-state index is -0.0444. The molecule has 3 rings (SSSR count). The molecule has 1 N–H and O–H groups in total. The van der Waals surface area contributed by atoms with Crippen LogP contribution in [0.2, 0.25) is 0 Å². The molecule has 0 spiro atoms. The van der Waals surface area contributed by atoms with E-state index < -0.39 is 0 Å². The quantitative estimate of drug-likeness (QED) is 0.803. The van der Waals surface area contributed by atoms with Crippen molar-refractivity contribution in [2.45, 2.75) is 25.9 Å². The first kappa shape index (κ1) is 11.3. The highest BCUT2D eigenvalue weighted by Crippen LogP contribution is 2.25. The van der Waals surface area contributed by atoms with E-state index in [0.717, 1.165) is 0 Å². The first-order valence-electron chi connectivity index (χ1n) is 6.36. The van der Waals surface area contributed by atoms with Crippen LogP contribution in [0.5, 0.6) is 0 Å². The second-order valence-electron chi connectivity index (χ2n) is 5.00. The molecule has 0 aromatic heterocycles. The number of carbonyl (C=O) groups is 2. The molecule has 1 atom stereocenters. The molecule has 1 saturated heterocycles. The Hall–Kier alpha value is -1.84. The number of nitrogens with one attached hydrogen (secondary N) is 1. The molecule has 1 aromatic carbocycles. The van der Waals surface area contributed by atoms with Gasteiger partial charge in [0.25, 0.3) is 0 Å². The van der Waals surface area contributed by atoms with Gasteiger partial charge in [0, 0.05) is 26.1 Å². The van der Waals surface area contributed by atoms with Crippen molar-refractivity contribution < 1.29 is 9.59 Å². The molecule has 4 nitrogen and oxygen atoms in total. The van der Waals surface area contributed by atoms with Crippen LogP contribution in [0.4, 0.5) is 0 Å². The standard InChI is InChI=1S/C14H16N2O2/c17-13-6-5-10(7-15-13)14(18)16-8-11-3-1-2-4-12(11)9-16/h1-4,10H,5-9H2,(H,15,17). The lowest BCUT2D eigenvalue weighted by Gasteiger charge is -2.26. The summed E-state index contributed by atoms with van der Waals surface area (Å²) in [7, 11) is 0. The average molecular weight is 244 g/mol. The fourth-order valence-electron chi connectivity index (χ4n) is 2.69. The maximum Gasteiger partial charge on any atom is 0.228 e. The molecule has 94 valence electrons.